The summed E-state index contributed by atoms with van der Waals surface area (Å²) in [5.41, 5.74) is 0. The van der Waals surface area contributed by atoms with E-state index in [9.17, 15) is 40.2 Å². The third-order valence-electron chi connectivity index (χ3n) is 16.7. The summed E-state index contributed by atoms with van der Waals surface area (Å²) in [5.74, 6) is -1.41. The van der Waals surface area contributed by atoms with Gasteiger partial charge >= 0.3 is 11.9 Å². The molecule has 0 spiro atoms. The van der Waals surface area contributed by atoms with Crippen LogP contribution in [0.5, 0.6) is 0 Å². The lowest BCUT2D eigenvalue weighted by Gasteiger charge is -2.44. The van der Waals surface area contributed by atoms with Crippen molar-refractivity contribution in [3.63, 3.8) is 0 Å². The van der Waals surface area contributed by atoms with Gasteiger partial charge < -0.3 is 54.3 Å². The number of unbranched alkanes of at least 4 members (excludes halogenated alkanes) is 36. The van der Waals surface area contributed by atoms with E-state index in [1.54, 1.807) is 0 Å². The quantitative estimate of drug-likeness (QED) is 0.0248. The number of carbonyl (C=O) groups is 2. The average molecular weight is 1100 g/mol. The van der Waals surface area contributed by atoms with Crippen molar-refractivity contribution in [3.8, 4) is 0 Å². The molecule has 2 saturated heterocycles. The number of carbonyl (C=O) groups excluding carboxylic acids is 2. The monoisotopic (exact) mass is 1100 g/mol. The number of aliphatic hydroxyl groups excluding tert-OH is 6. The topological polar surface area (TPSA) is 202 Å². The number of aliphatic hydroxyl groups is 6. The molecule has 10 atom stereocenters. The molecule has 2 heterocycles. The molecule has 0 aromatic rings. The van der Waals surface area contributed by atoms with Crippen LogP contribution in [-0.4, -0.2) is 117 Å². The van der Waals surface area contributed by atoms with Gasteiger partial charge in [-0.2, -0.15) is 0 Å². The van der Waals surface area contributed by atoms with Crippen molar-refractivity contribution in [2.45, 2.75) is 372 Å². The largest absolute Gasteiger partial charge is 0.463 e. The molecule has 0 aromatic carbocycles. The van der Waals surface area contributed by atoms with Gasteiger partial charge in [0.1, 0.15) is 62.0 Å². The van der Waals surface area contributed by atoms with Crippen LogP contribution in [0.1, 0.15) is 310 Å². The molecule has 456 valence electrons. The van der Waals surface area contributed by atoms with Gasteiger partial charge in [0.2, 0.25) is 0 Å². The van der Waals surface area contributed by atoms with Crippen molar-refractivity contribution in [3.05, 3.63) is 0 Å². The molecule has 2 fully saturated rings. The molecule has 77 heavy (non-hydrogen) atoms. The Labute approximate surface area is 470 Å². The normalized spacial score (nSPS) is 23.8. The molecule has 0 aliphatic carbocycles. The molecule has 0 bridgehead atoms. The molecule has 2 aliphatic heterocycles. The molecule has 0 amide bonds. The van der Waals surface area contributed by atoms with Gasteiger partial charge in [0.05, 0.1) is 11.8 Å². The van der Waals surface area contributed by atoms with E-state index in [1.807, 2.05) is 0 Å². The third kappa shape index (κ3) is 33.3. The molecule has 4 unspecified atom stereocenters. The van der Waals surface area contributed by atoms with Gasteiger partial charge in [0, 0.05) is 0 Å². The summed E-state index contributed by atoms with van der Waals surface area (Å²) in [5, 5.41) is 66.0. The van der Waals surface area contributed by atoms with Crippen molar-refractivity contribution in [1.82, 2.24) is 0 Å². The van der Waals surface area contributed by atoms with Gasteiger partial charge in [-0.1, -0.05) is 285 Å². The molecule has 13 nitrogen and oxygen atoms in total. The Morgan fingerprint density at radius 1 is 0.312 bits per heavy atom. The van der Waals surface area contributed by atoms with Crippen LogP contribution in [0.25, 0.3) is 0 Å². The second-order valence-electron chi connectivity index (χ2n) is 23.7. The van der Waals surface area contributed by atoms with Crippen molar-refractivity contribution in [1.29, 1.82) is 0 Å². The predicted octanol–water partition coefficient (Wildman–Crippen LogP) is 14.2. The van der Waals surface area contributed by atoms with Crippen LogP contribution in [-0.2, 0) is 33.3 Å². The van der Waals surface area contributed by atoms with Crippen LogP contribution in [0.3, 0.4) is 0 Å². The van der Waals surface area contributed by atoms with Gasteiger partial charge in [-0.05, 0) is 25.7 Å². The Hall–Kier alpha value is -1.42. The van der Waals surface area contributed by atoms with Crippen LogP contribution in [0.15, 0.2) is 0 Å². The fourth-order valence-corrected chi connectivity index (χ4v) is 11.3. The van der Waals surface area contributed by atoms with E-state index in [2.05, 4.69) is 27.7 Å². The van der Waals surface area contributed by atoms with Crippen LogP contribution in [0.4, 0.5) is 0 Å². The standard InChI is InChI=1S/C64H122O13/c1-5-9-13-17-21-25-29-33-37-41-45-51(46-42-38-34-30-26-22-18-14-10-6-2)61(71)73-49-53-55(65)57(67)59(69)63(75-53)77-64-60(70)58(68)56(66)54(76-64)50-74-62(72)52(47-43-39-35-31-27-23-19-15-11-7-3)48-44-40-36-32-28-24-20-16-12-8-4/h51-60,63-70H,5-50H2,1-4H3/t53?,54?,55-,56-,57+,58+,59?,60?,63-,64-/m1/s1. The van der Waals surface area contributed by atoms with Crippen LogP contribution in [0, 0.1) is 11.8 Å². The Balaban J connectivity index is 2.00. The second kappa shape index (κ2) is 48.1. The van der Waals surface area contributed by atoms with Crippen molar-refractivity contribution in [2.24, 2.45) is 11.8 Å². The first-order chi connectivity index (χ1) is 37.5. The van der Waals surface area contributed by atoms with Crippen molar-refractivity contribution < 1.29 is 63.9 Å². The van der Waals surface area contributed by atoms with Gasteiger partial charge in [-0.25, -0.2) is 0 Å². The summed E-state index contributed by atoms with van der Waals surface area (Å²) in [6.45, 7) is 8.11. The molecular formula is C64H122O13. The first-order valence-corrected chi connectivity index (χ1v) is 32.9. The Morgan fingerprint density at radius 2 is 0.519 bits per heavy atom. The van der Waals surface area contributed by atoms with Crippen molar-refractivity contribution >= 4 is 11.9 Å². The van der Waals surface area contributed by atoms with E-state index in [0.717, 1.165) is 77.0 Å². The molecule has 0 saturated carbocycles. The fraction of sp³-hybridized carbons (Fsp3) is 0.969. The summed E-state index contributed by atoms with van der Waals surface area (Å²) in [6, 6.07) is 0. The Bertz CT molecular complexity index is 1210. The SMILES string of the molecule is CCCCCCCCCCCCC(CCCCCCCCCCCC)C(=O)OCC1O[C@H](O[C@H]2OC(COC(=O)C(CCCCCCCCCCCC)CCCCCCCCCCCC)[C@@H](O)[C@H](O)C2O)C(O)[C@@H](O)[C@@H]1O. The summed E-state index contributed by atoms with van der Waals surface area (Å²) in [4.78, 5) is 27.5. The van der Waals surface area contributed by atoms with E-state index in [1.165, 1.54) is 180 Å². The third-order valence-corrected chi connectivity index (χ3v) is 16.7. The summed E-state index contributed by atoms with van der Waals surface area (Å²) >= 11 is 0. The first-order valence-electron chi connectivity index (χ1n) is 32.9. The zero-order valence-corrected chi connectivity index (χ0v) is 50.0. The maximum Gasteiger partial charge on any atom is 0.309 e. The number of esters is 2. The first kappa shape index (κ1) is 71.7. The predicted molar refractivity (Wildman–Crippen MR) is 309 cm³/mol. The summed E-state index contributed by atoms with van der Waals surface area (Å²) in [7, 11) is 0. The smallest absolute Gasteiger partial charge is 0.309 e. The molecule has 13 heteroatoms. The highest BCUT2D eigenvalue weighted by Crippen LogP contribution is 2.30. The van der Waals surface area contributed by atoms with Crippen LogP contribution in [0.2, 0.25) is 0 Å². The summed E-state index contributed by atoms with van der Waals surface area (Å²) in [6.07, 6.45) is 34.3. The highest BCUT2D eigenvalue weighted by atomic mass is 16.8. The molecule has 2 rings (SSSR count). The van der Waals surface area contributed by atoms with Crippen LogP contribution < -0.4 is 0 Å². The number of rotatable bonds is 52. The second-order valence-corrected chi connectivity index (χ2v) is 23.7. The van der Waals surface area contributed by atoms with Gasteiger partial charge in [0.15, 0.2) is 12.6 Å². The molecule has 2 aliphatic rings. The lowest BCUT2D eigenvalue weighted by Crippen LogP contribution is -2.64. The highest BCUT2D eigenvalue weighted by molar-refractivity contribution is 5.72. The molecule has 0 aromatic heterocycles. The molecular weight excluding hydrogens is 977 g/mol. The number of hydrogen-bond donors (Lipinski definition) is 6. The van der Waals surface area contributed by atoms with E-state index >= 15 is 0 Å². The Kier molecular flexibility index (Phi) is 44.8. The minimum Gasteiger partial charge on any atom is -0.463 e. The highest BCUT2D eigenvalue weighted by Gasteiger charge is 2.50. The van der Waals surface area contributed by atoms with E-state index in [-0.39, 0.29) is 23.8 Å². The maximum atomic E-state index is 13.7. The van der Waals surface area contributed by atoms with Crippen molar-refractivity contribution in [2.75, 3.05) is 13.2 Å². The minimum absolute atomic E-state index is 0.319. The zero-order chi connectivity index (χ0) is 56.1. The number of ether oxygens (including phenoxy) is 5. The van der Waals surface area contributed by atoms with Crippen LogP contribution >= 0.6 is 0 Å². The maximum absolute atomic E-state index is 13.7. The minimum atomic E-state index is -1.81. The molecule has 6 N–H and O–H groups in total. The molecule has 0 radical (unpaired) electrons. The average Bonchev–Trinajstić information content (AvgIpc) is 3.44. The van der Waals surface area contributed by atoms with Gasteiger partial charge in [-0.15, -0.1) is 0 Å². The lowest BCUT2D eigenvalue weighted by molar-refractivity contribution is -0.376. The van der Waals surface area contributed by atoms with Gasteiger partial charge in [-0.3, -0.25) is 9.59 Å². The fourth-order valence-electron chi connectivity index (χ4n) is 11.3. The van der Waals surface area contributed by atoms with E-state index < -0.39 is 74.6 Å². The number of hydrogen-bond acceptors (Lipinski definition) is 13. The zero-order valence-electron chi connectivity index (χ0n) is 50.0. The van der Waals surface area contributed by atoms with E-state index in [0.29, 0.717) is 25.7 Å². The Morgan fingerprint density at radius 3 is 0.740 bits per heavy atom. The lowest BCUT2D eigenvalue weighted by atomic mass is 9.94. The van der Waals surface area contributed by atoms with Gasteiger partial charge in [0.25, 0.3) is 0 Å². The van der Waals surface area contributed by atoms with E-state index in [4.69, 9.17) is 23.7 Å². The summed E-state index contributed by atoms with van der Waals surface area (Å²) < 4.78 is 29.3.